The Morgan fingerprint density at radius 3 is 2.25 bits per heavy atom. The first-order valence-electron chi connectivity index (χ1n) is 7.15. The van der Waals surface area contributed by atoms with Crippen LogP contribution in [0.4, 0.5) is 5.69 Å². The van der Waals surface area contributed by atoms with Crippen LogP contribution in [0.2, 0.25) is 0 Å². The van der Waals surface area contributed by atoms with Gasteiger partial charge in [0, 0.05) is 0 Å². The van der Waals surface area contributed by atoms with E-state index >= 15 is 0 Å². The minimum absolute atomic E-state index is 0.299. The highest BCUT2D eigenvalue weighted by atomic mass is 16.5. The molecule has 0 aliphatic heterocycles. The molecule has 2 nitrogen and oxygen atoms in total. The van der Waals surface area contributed by atoms with E-state index < -0.39 is 0 Å². The molecule has 0 bridgehead atoms. The lowest BCUT2D eigenvalue weighted by Crippen LogP contribution is -2.13. The van der Waals surface area contributed by atoms with Gasteiger partial charge in [-0.15, -0.1) is 0 Å². The first-order chi connectivity index (χ1) is 9.70. The van der Waals surface area contributed by atoms with E-state index in [0.29, 0.717) is 12.0 Å². The molecule has 0 aromatic heterocycles. The van der Waals surface area contributed by atoms with Crippen LogP contribution in [0.3, 0.4) is 0 Å². The van der Waals surface area contributed by atoms with Gasteiger partial charge >= 0.3 is 0 Å². The molecular weight excluding hydrogens is 246 g/mol. The molecule has 1 N–H and O–H groups in total. The quantitative estimate of drug-likeness (QED) is 0.805. The van der Waals surface area contributed by atoms with E-state index in [1.54, 1.807) is 7.11 Å². The molecule has 0 heterocycles. The van der Waals surface area contributed by atoms with E-state index in [4.69, 9.17) is 4.74 Å². The van der Waals surface area contributed by atoms with Crippen molar-refractivity contribution >= 4 is 5.69 Å². The second-order valence-corrected chi connectivity index (χ2v) is 5.44. The minimum Gasteiger partial charge on any atom is -0.495 e. The smallest absolute Gasteiger partial charge is 0.141 e. The van der Waals surface area contributed by atoms with E-state index in [1.807, 2.05) is 18.2 Å². The Bertz CT molecular complexity index is 522. The number of benzene rings is 2. The highest BCUT2D eigenvalue weighted by Crippen LogP contribution is 2.30. The fraction of sp³-hybridized carbons (Fsp3) is 0.333. The molecule has 106 valence electrons. The largest absolute Gasteiger partial charge is 0.495 e. The van der Waals surface area contributed by atoms with E-state index in [9.17, 15) is 0 Å². The number of hydrogen-bond acceptors (Lipinski definition) is 2. The third-order valence-corrected chi connectivity index (χ3v) is 3.35. The highest BCUT2D eigenvalue weighted by Gasteiger charge is 2.14. The number of para-hydroxylation sites is 2. The van der Waals surface area contributed by atoms with Gasteiger partial charge in [0.2, 0.25) is 0 Å². The summed E-state index contributed by atoms with van der Waals surface area (Å²) in [5, 5.41) is 3.62. The summed E-state index contributed by atoms with van der Waals surface area (Å²) in [6.45, 7) is 4.50. The average Bonchev–Trinajstić information content (AvgIpc) is 2.47. The van der Waals surface area contributed by atoms with Gasteiger partial charge < -0.3 is 10.1 Å². The van der Waals surface area contributed by atoms with Crippen molar-refractivity contribution in [1.29, 1.82) is 0 Å². The molecule has 0 saturated carbocycles. The lowest BCUT2D eigenvalue weighted by atomic mass is 9.96. The van der Waals surface area contributed by atoms with Gasteiger partial charge in [0.05, 0.1) is 18.8 Å². The first kappa shape index (κ1) is 14.4. The summed E-state index contributed by atoms with van der Waals surface area (Å²) in [5.74, 6) is 1.51. The van der Waals surface area contributed by atoms with Crippen molar-refractivity contribution in [3.8, 4) is 5.75 Å². The lowest BCUT2D eigenvalue weighted by Gasteiger charge is -2.23. The summed E-state index contributed by atoms with van der Waals surface area (Å²) in [6, 6.07) is 19.0. The topological polar surface area (TPSA) is 21.3 Å². The van der Waals surface area contributed by atoms with Crippen molar-refractivity contribution < 1.29 is 4.74 Å². The molecule has 0 saturated heterocycles. The molecule has 0 spiro atoms. The predicted molar refractivity (Wildman–Crippen MR) is 85.3 cm³/mol. The molecule has 0 aliphatic carbocycles. The first-order valence-corrected chi connectivity index (χ1v) is 7.15. The molecule has 0 aliphatic rings. The fourth-order valence-corrected chi connectivity index (χ4v) is 2.39. The maximum absolute atomic E-state index is 5.42. The Morgan fingerprint density at radius 2 is 1.60 bits per heavy atom. The van der Waals surface area contributed by atoms with Crippen molar-refractivity contribution in [3.05, 3.63) is 60.2 Å². The van der Waals surface area contributed by atoms with Crippen molar-refractivity contribution in [2.75, 3.05) is 12.4 Å². The van der Waals surface area contributed by atoms with Crippen LogP contribution in [0.5, 0.6) is 5.75 Å². The van der Waals surface area contributed by atoms with Crippen LogP contribution in [-0.4, -0.2) is 7.11 Å². The number of anilines is 1. The summed E-state index contributed by atoms with van der Waals surface area (Å²) >= 11 is 0. The van der Waals surface area contributed by atoms with Crippen LogP contribution in [0, 0.1) is 5.92 Å². The van der Waals surface area contributed by atoms with Gasteiger partial charge in [-0.3, -0.25) is 0 Å². The summed E-state index contributed by atoms with van der Waals surface area (Å²) in [7, 11) is 1.71. The second-order valence-electron chi connectivity index (χ2n) is 5.44. The normalized spacial score (nSPS) is 12.2. The minimum atomic E-state index is 0.299. The molecule has 20 heavy (non-hydrogen) atoms. The van der Waals surface area contributed by atoms with Crippen molar-refractivity contribution in [2.24, 2.45) is 5.92 Å². The van der Waals surface area contributed by atoms with Crippen LogP contribution in [0.1, 0.15) is 31.9 Å². The van der Waals surface area contributed by atoms with Crippen LogP contribution in [-0.2, 0) is 0 Å². The highest BCUT2D eigenvalue weighted by molar-refractivity contribution is 5.57. The van der Waals surface area contributed by atoms with Gasteiger partial charge in [0.25, 0.3) is 0 Å². The monoisotopic (exact) mass is 269 g/mol. The van der Waals surface area contributed by atoms with Gasteiger partial charge in [0.1, 0.15) is 5.75 Å². The maximum Gasteiger partial charge on any atom is 0.141 e. The van der Waals surface area contributed by atoms with Gasteiger partial charge in [0.15, 0.2) is 0 Å². The Kier molecular flexibility index (Phi) is 5.05. The van der Waals surface area contributed by atoms with Crippen molar-refractivity contribution in [3.63, 3.8) is 0 Å². The molecule has 2 aromatic carbocycles. The molecule has 0 amide bonds. The van der Waals surface area contributed by atoms with Gasteiger partial charge in [-0.05, 0) is 30.0 Å². The Hall–Kier alpha value is -1.96. The maximum atomic E-state index is 5.42. The standard InChI is InChI=1S/C18H23NO/c1-14(2)13-17(15-9-5-4-6-10-15)19-16-11-7-8-12-18(16)20-3/h4-12,14,17,19H,13H2,1-3H3. The van der Waals surface area contributed by atoms with Gasteiger partial charge in [-0.1, -0.05) is 56.3 Å². The SMILES string of the molecule is COc1ccccc1NC(CC(C)C)c1ccccc1. The number of rotatable bonds is 6. The van der Waals surface area contributed by atoms with E-state index in [1.165, 1.54) is 5.56 Å². The molecule has 1 atom stereocenters. The van der Waals surface area contributed by atoms with Crippen LogP contribution < -0.4 is 10.1 Å². The van der Waals surface area contributed by atoms with Crippen molar-refractivity contribution in [2.45, 2.75) is 26.3 Å². The van der Waals surface area contributed by atoms with Gasteiger partial charge in [-0.25, -0.2) is 0 Å². The summed E-state index contributed by atoms with van der Waals surface area (Å²) < 4.78 is 5.42. The lowest BCUT2D eigenvalue weighted by molar-refractivity contribution is 0.415. The van der Waals surface area contributed by atoms with E-state index in [-0.39, 0.29) is 0 Å². The second kappa shape index (κ2) is 6.99. The molecule has 1 unspecified atom stereocenters. The van der Waals surface area contributed by atoms with Crippen molar-refractivity contribution in [1.82, 2.24) is 0 Å². The Balaban J connectivity index is 2.24. The third-order valence-electron chi connectivity index (χ3n) is 3.35. The molecular formula is C18H23NO. The molecule has 0 radical (unpaired) electrons. The summed E-state index contributed by atoms with van der Waals surface area (Å²) in [4.78, 5) is 0. The van der Waals surface area contributed by atoms with E-state index in [0.717, 1.165) is 17.9 Å². The molecule has 2 rings (SSSR count). The summed E-state index contributed by atoms with van der Waals surface area (Å²) in [5.41, 5.74) is 2.36. The van der Waals surface area contributed by atoms with Gasteiger partial charge in [-0.2, -0.15) is 0 Å². The zero-order valence-corrected chi connectivity index (χ0v) is 12.5. The van der Waals surface area contributed by atoms with Crippen LogP contribution in [0.15, 0.2) is 54.6 Å². The zero-order chi connectivity index (χ0) is 14.4. The van der Waals surface area contributed by atoms with Crippen LogP contribution in [0.25, 0.3) is 0 Å². The summed E-state index contributed by atoms with van der Waals surface area (Å²) in [6.07, 6.45) is 1.09. The number of nitrogens with one attached hydrogen (secondary N) is 1. The Morgan fingerprint density at radius 1 is 0.950 bits per heavy atom. The number of hydrogen-bond donors (Lipinski definition) is 1. The number of methoxy groups -OCH3 is 1. The molecule has 2 heteroatoms. The molecule has 0 fully saturated rings. The fourth-order valence-electron chi connectivity index (χ4n) is 2.39. The third kappa shape index (κ3) is 3.77. The zero-order valence-electron chi connectivity index (χ0n) is 12.5. The van der Waals surface area contributed by atoms with E-state index in [2.05, 4.69) is 55.6 Å². The number of ether oxygens (including phenoxy) is 1. The Labute approximate surface area is 121 Å². The predicted octanol–water partition coefficient (Wildman–Crippen LogP) is 4.89. The van der Waals surface area contributed by atoms with Crippen LogP contribution >= 0.6 is 0 Å². The average molecular weight is 269 g/mol. The molecule has 2 aromatic rings.